The highest BCUT2D eigenvalue weighted by atomic mass is 32.2. The lowest BCUT2D eigenvalue weighted by Gasteiger charge is -2.12. The molecule has 0 aliphatic carbocycles. The Bertz CT molecular complexity index is 1230. The van der Waals surface area contributed by atoms with Gasteiger partial charge >= 0.3 is 0 Å². The van der Waals surface area contributed by atoms with E-state index in [9.17, 15) is 14.9 Å². The van der Waals surface area contributed by atoms with Crippen LogP contribution in [0.4, 0.5) is 11.4 Å². The molecule has 160 valence electrons. The van der Waals surface area contributed by atoms with Crippen LogP contribution in [-0.2, 0) is 11.3 Å². The maximum Gasteiger partial charge on any atom is 0.270 e. The molecule has 1 aromatic heterocycles. The maximum absolute atomic E-state index is 12.4. The summed E-state index contributed by atoms with van der Waals surface area (Å²) in [6, 6.07) is 25.6. The van der Waals surface area contributed by atoms with Gasteiger partial charge in [0, 0.05) is 23.4 Å². The minimum atomic E-state index is -0.412. The molecule has 0 saturated carbocycles. The lowest BCUT2D eigenvalue weighted by Crippen LogP contribution is -2.14. The van der Waals surface area contributed by atoms with Gasteiger partial charge in [-0.2, -0.15) is 0 Å². The number of nitrogens with one attached hydrogen (secondary N) is 1. The molecule has 3 aromatic carbocycles. The zero-order chi connectivity index (χ0) is 22.3. The molecule has 0 aliphatic heterocycles. The quantitative estimate of drug-likeness (QED) is 0.228. The fraction of sp³-hybridized carbons (Fsp3) is 0.0833. The Labute approximate surface area is 189 Å². The number of hydrogen-bond donors (Lipinski definition) is 1. The zero-order valence-electron chi connectivity index (χ0n) is 17.0. The Morgan fingerprint density at radius 3 is 2.44 bits per heavy atom. The number of hydrogen-bond acceptors (Lipinski definition) is 5. The molecule has 8 heteroatoms. The van der Waals surface area contributed by atoms with Crippen molar-refractivity contribution in [3.8, 4) is 11.3 Å². The highest BCUT2D eigenvalue weighted by Crippen LogP contribution is 2.29. The van der Waals surface area contributed by atoms with Crippen LogP contribution in [0.25, 0.3) is 11.3 Å². The SMILES string of the molecule is O=C(CSc1ncc(-c2cccc([N+](=O)[O-])c2)n1Cc1ccccc1)Nc1ccccc1. The number of imidazole rings is 1. The number of benzene rings is 3. The van der Waals surface area contributed by atoms with Crippen molar-refractivity contribution in [3.63, 3.8) is 0 Å². The first-order valence-corrected chi connectivity index (χ1v) is 10.9. The lowest BCUT2D eigenvalue weighted by molar-refractivity contribution is -0.384. The molecule has 0 bridgehead atoms. The van der Waals surface area contributed by atoms with Gasteiger partial charge in [-0.25, -0.2) is 4.98 Å². The summed E-state index contributed by atoms with van der Waals surface area (Å²) in [6.07, 6.45) is 1.69. The van der Waals surface area contributed by atoms with Crippen molar-refractivity contribution >= 4 is 29.0 Å². The summed E-state index contributed by atoms with van der Waals surface area (Å²) in [6.45, 7) is 0.529. The number of nitrogens with zero attached hydrogens (tertiary/aromatic N) is 3. The van der Waals surface area contributed by atoms with Gasteiger partial charge in [-0.05, 0) is 17.7 Å². The van der Waals surface area contributed by atoms with Crippen LogP contribution in [-0.4, -0.2) is 26.1 Å². The third-order valence-electron chi connectivity index (χ3n) is 4.75. The molecule has 32 heavy (non-hydrogen) atoms. The van der Waals surface area contributed by atoms with Crippen LogP contribution >= 0.6 is 11.8 Å². The number of carbonyl (C=O) groups is 1. The van der Waals surface area contributed by atoms with Gasteiger partial charge in [0.2, 0.25) is 5.91 Å². The highest BCUT2D eigenvalue weighted by molar-refractivity contribution is 7.99. The third kappa shape index (κ3) is 5.22. The predicted molar refractivity (Wildman–Crippen MR) is 126 cm³/mol. The maximum atomic E-state index is 12.4. The van der Waals surface area contributed by atoms with E-state index < -0.39 is 4.92 Å². The number of nitro groups is 1. The largest absolute Gasteiger partial charge is 0.325 e. The Morgan fingerprint density at radius 1 is 1.00 bits per heavy atom. The number of anilines is 1. The average Bonchev–Trinajstić information content (AvgIpc) is 3.21. The minimum absolute atomic E-state index is 0.0198. The average molecular weight is 445 g/mol. The second kappa shape index (κ2) is 9.93. The van der Waals surface area contributed by atoms with Crippen LogP contribution in [0.3, 0.4) is 0 Å². The molecular formula is C24H20N4O3S. The Kier molecular flexibility index (Phi) is 6.62. The number of nitro benzene ring substituents is 1. The van der Waals surface area contributed by atoms with E-state index in [0.717, 1.165) is 16.9 Å². The summed E-state index contributed by atoms with van der Waals surface area (Å²) >= 11 is 1.33. The smallest absolute Gasteiger partial charge is 0.270 e. The van der Waals surface area contributed by atoms with Gasteiger partial charge < -0.3 is 9.88 Å². The number of aromatic nitrogens is 2. The number of amides is 1. The van der Waals surface area contributed by atoms with Crippen molar-refractivity contribution in [3.05, 3.63) is 107 Å². The molecule has 0 atom stereocenters. The lowest BCUT2D eigenvalue weighted by atomic mass is 10.1. The van der Waals surface area contributed by atoms with Crippen molar-refractivity contribution in [2.24, 2.45) is 0 Å². The number of carbonyl (C=O) groups excluding carboxylic acids is 1. The van der Waals surface area contributed by atoms with Gasteiger partial charge in [0.25, 0.3) is 5.69 Å². The molecule has 1 amide bonds. The van der Waals surface area contributed by atoms with Crippen LogP contribution in [0.15, 0.2) is 96.3 Å². The van der Waals surface area contributed by atoms with E-state index in [2.05, 4.69) is 10.3 Å². The van der Waals surface area contributed by atoms with Crippen LogP contribution in [0, 0.1) is 10.1 Å². The van der Waals surface area contributed by atoms with Crippen molar-refractivity contribution in [2.45, 2.75) is 11.7 Å². The predicted octanol–water partition coefficient (Wildman–Crippen LogP) is 5.24. The van der Waals surface area contributed by atoms with E-state index in [1.165, 1.54) is 23.9 Å². The Balaban J connectivity index is 1.60. The molecule has 0 radical (unpaired) electrons. The van der Waals surface area contributed by atoms with E-state index in [0.29, 0.717) is 17.3 Å². The Hall–Kier alpha value is -3.91. The zero-order valence-corrected chi connectivity index (χ0v) is 17.9. The third-order valence-corrected chi connectivity index (χ3v) is 5.74. The summed E-state index contributed by atoms with van der Waals surface area (Å²) in [5, 5.41) is 14.8. The van der Waals surface area contributed by atoms with E-state index in [1.54, 1.807) is 12.3 Å². The summed E-state index contributed by atoms with van der Waals surface area (Å²) in [5.41, 5.74) is 3.27. The van der Waals surface area contributed by atoms with Crippen molar-refractivity contribution in [1.82, 2.24) is 9.55 Å². The van der Waals surface area contributed by atoms with Gasteiger partial charge in [-0.15, -0.1) is 0 Å². The molecule has 0 unspecified atom stereocenters. The van der Waals surface area contributed by atoms with Gasteiger partial charge in [0.05, 0.1) is 29.1 Å². The minimum Gasteiger partial charge on any atom is -0.325 e. The Morgan fingerprint density at radius 2 is 1.72 bits per heavy atom. The fourth-order valence-electron chi connectivity index (χ4n) is 3.25. The standard InChI is InChI=1S/C24H20N4O3S/c29-23(26-20-11-5-2-6-12-20)17-32-24-25-15-22(19-10-7-13-21(14-19)28(30)31)27(24)16-18-8-3-1-4-9-18/h1-15H,16-17H2,(H,26,29). The molecule has 4 rings (SSSR count). The summed E-state index contributed by atoms with van der Waals surface area (Å²) < 4.78 is 1.98. The van der Waals surface area contributed by atoms with Crippen LogP contribution in [0.2, 0.25) is 0 Å². The van der Waals surface area contributed by atoms with Gasteiger partial charge in [0.1, 0.15) is 0 Å². The topological polar surface area (TPSA) is 90.1 Å². The van der Waals surface area contributed by atoms with Crippen molar-refractivity contribution < 1.29 is 9.72 Å². The van der Waals surface area contributed by atoms with Crippen LogP contribution < -0.4 is 5.32 Å². The molecule has 1 heterocycles. The van der Waals surface area contributed by atoms with Crippen molar-refractivity contribution in [1.29, 1.82) is 0 Å². The normalized spacial score (nSPS) is 10.6. The molecular weight excluding hydrogens is 424 g/mol. The van der Waals surface area contributed by atoms with E-state index in [-0.39, 0.29) is 17.3 Å². The van der Waals surface area contributed by atoms with E-state index >= 15 is 0 Å². The monoisotopic (exact) mass is 444 g/mol. The number of para-hydroxylation sites is 1. The van der Waals surface area contributed by atoms with Crippen molar-refractivity contribution in [2.75, 3.05) is 11.1 Å². The summed E-state index contributed by atoms with van der Waals surface area (Å²) in [4.78, 5) is 27.7. The van der Waals surface area contributed by atoms with Gasteiger partial charge in [0.15, 0.2) is 5.16 Å². The molecule has 4 aromatic rings. The highest BCUT2D eigenvalue weighted by Gasteiger charge is 2.16. The number of non-ortho nitro benzene ring substituents is 1. The summed E-state index contributed by atoms with van der Waals surface area (Å²) in [7, 11) is 0. The van der Waals surface area contributed by atoms with Crippen LogP contribution in [0.5, 0.6) is 0 Å². The van der Waals surface area contributed by atoms with Gasteiger partial charge in [-0.3, -0.25) is 14.9 Å². The molecule has 0 spiro atoms. The number of thioether (sulfide) groups is 1. The first kappa shape index (κ1) is 21.3. The molecule has 0 aliphatic rings. The first-order valence-electron chi connectivity index (χ1n) is 9.92. The van der Waals surface area contributed by atoms with E-state index in [4.69, 9.17) is 0 Å². The van der Waals surface area contributed by atoms with Gasteiger partial charge in [-0.1, -0.05) is 72.4 Å². The van der Waals surface area contributed by atoms with E-state index in [1.807, 2.05) is 71.3 Å². The molecule has 0 fully saturated rings. The second-order valence-corrected chi connectivity index (χ2v) is 7.95. The fourth-order valence-corrected chi connectivity index (χ4v) is 4.03. The molecule has 0 saturated heterocycles. The molecule has 7 nitrogen and oxygen atoms in total. The molecule has 1 N–H and O–H groups in total. The number of rotatable bonds is 8. The summed E-state index contributed by atoms with van der Waals surface area (Å²) in [5.74, 6) is 0.0575. The second-order valence-electron chi connectivity index (χ2n) is 7.01. The van der Waals surface area contributed by atoms with Crippen LogP contribution in [0.1, 0.15) is 5.56 Å². The first-order chi connectivity index (χ1) is 15.6.